The minimum atomic E-state index is 0.538. The molecule has 0 atom stereocenters. The predicted octanol–water partition coefficient (Wildman–Crippen LogP) is 4.60. The number of ether oxygens (including phenoxy) is 1. The summed E-state index contributed by atoms with van der Waals surface area (Å²) in [5.41, 5.74) is 6.12. The number of para-hydroxylation sites is 1. The molecule has 0 bridgehead atoms. The van der Waals surface area contributed by atoms with Crippen LogP contribution in [-0.4, -0.2) is 4.98 Å². The summed E-state index contributed by atoms with van der Waals surface area (Å²) < 4.78 is 5.94. The van der Waals surface area contributed by atoms with Gasteiger partial charge in [-0.05, 0) is 31.1 Å². The van der Waals surface area contributed by atoms with Crippen molar-refractivity contribution in [1.82, 2.24) is 4.98 Å². The molecule has 1 aromatic heterocycles. The smallest absolute Gasteiger partial charge is 0.131 e. The molecule has 20 heavy (non-hydrogen) atoms. The molecule has 0 unspecified atom stereocenters. The zero-order valence-corrected chi connectivity index (χ0v) is 12.0. The molecule has 102 valence electrons. The minimum absolute atomic E-state index is 0.538. The molecule has 0 spiro atoms. The van der Waals surface area contributed by atoms with Crippen LogP contribution < -0.4 is 4.74 Å². The molecule has 2 heteroatoms. The lowest BCUT2D eigenvalue weighted by Gasteiger charge is -2.13. The van der Waals surface area contributed by atoms with Crippen LogP contribution in [0.1, 0.15) is 43.5 Å². The first-order chi connectivity index (χ1) is 9.81. The highest BCUT2D eigenvalue weighted by Crippen LogP contribution is 2.38. The van der Waals surface area contributed by atoms with E-state index < -0.39 is 0 Å². The molecular weight excluding hydrogens is 246 g/mol. The van der Waals surface area contributed by atoms with Gasteiger partial charge in [0.1, 0.15) is 12.4 Å². The van der Waals surface area contributed by atoms with E-state index in [1.165, 1.54) is 22.3 Å². The third-order valence-corrected chi connectivity index (χ3v) is 3.73. The van der Waals surface area contributed by atoms with Crippen LogP contribution in [0, 0.1) is 0 Å². The van der Waals surface area contributed by atoms with Gasteiger partial charge in [0.25, 0.3) is 0 Å². The summed E-state index contributed by atoms with van der Waals surface area (Å²) >= 11 is 0. The summed E-state index contributed by atoms with van der Waals surface area (Å²) in [4.78, 5) is 4.50. The number of nitrogens with zero attached hydrogens (tertiary/aromatic N) is 1. The highest BCUT2D eigenvalue weighted by Gasteiger charge is 2.20. The van der Waals surface area contributed by atoms with Crippen molar-refractivity contribution in [3.05, 3.63) is 65.0 Å². The Labute approximate surface area is 120 Å². The third kappa shape index (κ3) is 2.22. The Morgan fingerprint density at radius 3 is 2.80 bits per heavy atom. The van der Waals surface area contributed by atoms with Crippen LogP contribution in [-0.2, 0) is 6.61 Å². The standard InChI is InChI=1S/C18H19NO/c1-3-7-13(2)18-14-9-6-11-19-16(14)12-20-17-10-5-4-8-15(17)18/h4-6,8-11H,3,7,12H2,1-2H3/b18-13-. The zero-order chi connectivity index (χ0) is 13.9. The number of benzene rings is 1. The maximum absolute atomic E-state index is 5.94. The van der Waals surface area contributed by atoms with Crippen molar-refractivity contribution in [2.45, 2.75) is 33.3 Å². The van der Waals surface area contributed by atoms with Crippen LogP contribution in [0.2, 0.25) is 0 Å². The first kappa shape index (κ1) is 12.9. The van der Waals surface area contributed by atoms with Crippen molar-refractivity contribution in [2.24, 2.45) is 0 Å². The molecule has 0 N–H and O–H groups in total. The van der Waals surface area contributed by atoms with Gasteiger partial charge in [0.15, 0.2) is 0 Å². The molecule has 1 aliphatic heterocycles. The Balaban J connectivity index is 2.27. The fourth-order valence-electron chi connectivity index (χ4n) is 2.83. The van der Waals surface area contributed by atoms with E-state index in [2.05, 4.69) is 37.0 Å². The average Bonchev–Trinajstić information content (AvgIpc) is 2.64. The maximum atomic E-state index is 5.94. The molecule has 3 rings (SSSR count). The number of fused-ring (bicyclic) bond motifs is 2. The molecule has 0 aliphatic carbocycles. The number of allylic oxidation sites excluding steroid dienone is 1. The summed E-state index contributed by atoms with van der Waals surface area (Å²) in [6.45, 7) is 4.97. The lowest BCUT2D eigenvalue weighted by Crippen LogP contribution is -1.99. The first-order valence-electron chi connectivity index (χ1n) is 7.17. The van der Waals surface area contributed by atoms with Crippen molar-refractivity contribution in [3.8, 4) is 5.75 Å². The van der Waals surface area contributed by atoms with Crippen molar-refractivity contribution < 1.29 is 4.74 Å². The van der Waals surface area contributed by atoms with Crippen LogP contribution in [0.25, 0.3) is 5.57 Å². The monoisotopic (exact) mass is 265 g/mol. The maximum Gasteiger partial charge on any atom is 0.131 e. The Morgan fingerprint density at radius 1 is 1.15 bits per heavy atom. The van der Waals surface area contributed by atoms with Gasteiger partial charge in [-0.3, -0.25) is 4.98 Å². The molecule has 0 saturated heterocycles. The number of aromatic nitrogens is 1. The van der Waals surface area contributed by atoms with Crippen LogP contribution in [0.4, 0.5) is 0 Å². The topological polar surface area (TPSA) is 22.1 Å². The van der Waals surface area contributed by atoms with E-state index in [4.69, 9.17) is 4.74 Å². The van der Waals surface area contributed by atoms with Crippen molar-refractivity contribution in [2.75, 3.05) is 0 Å². The molecule has 0 amide bonds. The van der Waals surface area contributed by atoms with Gasteiger partial charge >= 0.3 is 0 Å². The van der Waals surface area contributed by atoms with E-state index in [0.717, 1.165) is 24.3 Å². The van der Waals surface area contributed by atoms with Crippen molar-refractivity contribution >= 4 is 5.57 Å². The molecule has 2 aromatic rings. The van der Waals surface area contributed by atoms with Crippen LogP contribution in [0.15, 0.2) is 48.2 Å². The Kier molecular flexibility index (Phi) is 3.55. The Hall–Kier alpha value is -2.09. The van der Waals surface area contributed by atoms with Gasteiger partial charge in [-0.15, -0.1) is 0 Å². The van der Waals surface area contributed by atoms with Gasteiger partial charge in [-0.1, -0.05) is 43.2 Å². The summed E-state index contributed by atoms with van der Waals surface area (Å²) in [5.74, 6) is 0.955. The van der Waals surface area contributed by atoms with Gasteiger partial charge < -0.3 is 4.74 Å². The van der Waals surface area contributed by atoms with Gasteiger partial charge in [-0.25, -0.2) is 0 Å². The molecule has 0 fully saturated rings. The summed E-state index contributed by atoms with van der Waals surface area (Å²) in [5, 5.41) is 0. The zero-order valence-electron chi connectivity index (χ0n) is 12.0. The molecule has 2 heterocycles. The molecule has 2 nitrogen and oxygen atoms in total. The van der Waals surface area contributed by atoms with Gasteiger partial charge in [0.05, 0.1) is 5.69 Å². The second kappa shape index (κ2) is 5.49. The SMILES string of the molecule is CCC/C(C)=C1\c2ccccc2OCc2ncccc21. The first-order valence-corrected chi connectivity index (χ1v) is 7.17. The predicted molar refractivity (Wildman–Crippen MR) is 81.6 cm³/mol. The van der Waals surface area contributed by atoms with Gasteiger partial charge in [0, 0.05) is 17.3 Å². The molecule has 1 aromatic carbocycles. The average molecular weight is 265 g/mol. The van der Waals surface area contributed by atoms with Gasteiger partial charge in [-0.2, -0.15) is 0 Å². The van der Waals surface area contributed by atoms with E-state index in [-0.39, 0.29) is 0 Å². The number of hydrogen-bond acceptors (Lipinski definition) is 2. The van der Waals surface area contributed by atoms with E-state index in [9.17, 15) is 0 Å². The largest absolute Gasteiger partial charge is 0.487 e. The summed E-state index contributed by atoms with van der Waals surface area (Å²) in [6, 6.07) is 12.4. The normalized spacial score (nSPS) is 15.7. The van der Waals surface area contributed by atoms with Crippen molar-refractivity contribution in [3.63, 3.8) is 0 Å². The van der Waals surface area contributed by atoms with Crippen LogP contribution >= 0.6 is 0 Å². The Morgan fingerprint density at radius 2 is 1.95 bits per heavy atom. The molecule has 0 saturated carbocycles. The van der Waals surface area contributed by atoms with E-state index in [1.807, 2.05) is 24.4 Å². The highest BCUT2D eigenvalue weighted by atomic mass is 16.5. The lowest BCUT2D eigenvalue weighted by atomic mass is 9.91. The van der Waals surface area contributed by atoms with Gasteiger partial charge in [0.2, 0.25) is 0 Å². The minimum Gasteiger partial charge on any atom is -0.487 e. The Bertz CT molecular complexity index is 608. The van der Waals surface area contributed by atoms with Crippen LogP contribution in [0.5, 0.6) is 5.75 Å². The van der Waals surface area contributed by atoms with Crippen LogP contribution in [0.3, 0.4) is 0 Å². The summed E-state index contributed by atoms with van der Waals surface area (Å²) in [7, 11) is 0. The second-order valence-electron chi connectivity index (χ2n) is 5.19. The quantitative estimate of drug-likeness (QED) is 0.792. The van der Waals surface area contributed by atoms with E-state index in [1.54, 1.807) is 0 Å². The highest BCUT2D eigenvalue weighted by molar-refractivity contribution is 5.86. The number of rotatable bonds is 2. The van der Waals surface area contributed by atoms with E-state index in [0.29, 0.717) is 6.61 Å². The molecular formula is C18H19NO. The molecule has 0 radical (unpaired) electrons. The second-order valence-corrected chi connectivity index (χ2v) is 5.19. The fourth-order valence-corrected chi connectivity index (χ4v) is 2.83. The van der Waals surface area contributed by atoms with Crippen molar-refractivity contribution in [1.29, 1.82) is 0 Å². The number of pyridine rings is 1. The van der Waals surface area contributed by atoms with E-state index >= 15 is 0 Å². The summed E-state index contributed by atoms with van der Waals surface area (Å²) in [6.07, 6.45) is 4.08. The lowest BCUT2D eigenvalue weighted by molar-refractivity contribution is 0.302. The molecule has 1 aliphatic rings. The third-order valence-electron chi connectivity index (χ3n) is 3.73. The number of hydrogen-bond donors (Lipinski definition) is 0. The fraction of sp³-hybridized carbons (Fsp3) is 0.278.